The number of piperidine rings is 1. The number of amides is 1. The van der Waals surface area contributed by atoms with Crippen molar-refractivity contribution >= 4 is 34.8 Å². The smallest absolute Gasteiger partial charge is 0.241 e. The topological polar surface area (TPSA) is 61.8 Å². The van der Waals surface area contributed by atoms with Crippen LogP contribution >= 0.6 is 23.2 Å². The number of nitrogens with one attached hydrogen (secondary N) is 1. The minimum atomic E-state index is -0.0395. The summed E-state index contributed by atoms with van der Waals surface area (Å²) in [4.78, 5) is 14.0. The number of benzene rings is 1. The first-order valence-electron chi connectivity index (χ1n) is 7.34. The number of hydrogen-bond donors (Lipinski definition) is 2. The summed E-state index contributed by atoms with van der Waals surface area (Å²) in [5.41, 5.74) is 0.385. The van der Waals surface area contributed by atoms with Gasteiger partial charge in [-0.3, -0.25) is 4.79 Å². The molecule has 0 aliphatic carbocycles. The first-order chi connectivity index (χ1) is 10.9. The van der Waals surface area contributed by atoms with Crippen molar-refractivity contribution in [2.45, 2.75) is 12.8 Å². The van der Waals surface area contributed by atoms with Crippen LogP contribution in [0.15, 0.2) is 24.5 Å². The van der Waals surface area contributed by atoms with Gasteiger partial charge in [0.1, 0.15) is 5.75 Å². The predicted octanol–water partition coefficient (Wildman–Crippen LogP) is 3.51. The summed E-state index contributed by atoms with van der Waals surface area (Å²) in [7, 11) is 1.62. The highest BCUT2D eigenvalue weighted by Crippen LogP contribution is 2.33. The molecule has 0 atom stereocenters. The molecule has 1 aliphatic rings. The predicted molar refractivity (Wildman–Crippen MR) is 92.1 cm³/mol. The van der Waals surface area contributed by atoms with Crippen molar-refractivity contribution in [3.8, 4) is 5.75 Å². The Labute approximate surface area is 145 Å². The molecular formula is C16H20Cl2N2O3. The number of hydrogen-bond acceptors (Lipinski definition) is 4. The fourth-order valence-electron chi connectivity index (χ4n) is 2.58. The molecule has 0 radical (unpaired) electrons. The van der Waals surface area contributed by atoms with E-state index >= 15 is 0 Å². The van der Waals surface area contributed by atoms with Gasteiger partial charge in [-0.15, -0.1) is 0 Å². The molecule has 1 heterocycles. The molecule has 0 bridgehead atoms. The van der Waals surface area contributed by atoms with E-state index in [0.717, 1.165) is 18.6 Å². The van der Waals surface area contributed by atoms with E-state index in [2.05, 4.69) is 11.9 Å². The van der Waals surface area contributed by atoms with Crippen molar-refractivity contribution in [1.82, 2.24) is 4.90 Å². The van der Waals surface area contributed by atoms with Crippen molar-refractivity contribution in [2.75, 3.05) is 32.1 Å². The highest BCUT2D eigenvalue weighted by molar-refractivity contribution is 6.42. The number of nitrogens with zero attached hydrogens (tertiary/aromatic N) is 1. The standard InChI is InChI=1S/C16H20Cl2N2O3/c1-10(23-2)11-3-5-20(6-4-11)16(22)9-19-14-7-12(17)13(18)8-15(14)21/h7-8,11,19,21H,1,3-6,9H2,2H3. The van der Waals surface area contributed by atoms with E-state index in [4.69, 9.17) is 27.9 Å². The van der Waals surface area contributed by atoms with Crippen LogP contribution in [0.2, 0.25) is 10.0 Å². The number of phenolic OH excluding ortho intramolecular Hbond substituents is 1. The van der Waals surface area contributed by atoms with Crippen LogP contribution in [0, 0.1) is 5.92 Å². The number of allylic oxidation sites excluding steroid dienone is 1. The van der Waals surface area contributed by atoms with Crippen LogP contribution in [0.5, 0.6) is 5.75 Å². The molecule has 0 unspecified atom stereocenters. The molecule has 0 saturated carbocycles. The Balaban J connectivity index is 1.87. The van der Waals surface area contributed by atoms with E-state index in [9.17, 15) is 9.90 Å². The van der Waals surface area contributed by atoms with Crippen LogP contribution in [0.4, 0.5) is 5.69 Å². The third-order valence-corrected chi connectivity index (χ3v) is 4.76. The number of carbonyl (C=O) groups excluding carboxylic acids is 1. The number of likely N-dealkylation sites (tertiary alicyclic amines) is 1. The Morgan fingerprint density at radius 3 is 2.61 bits per heavy atom. The van der Waals surface area contributed by atoms with Crippen LogP contribution in [-0.2, 0) is 9.53 Å². The first-order valence-corrected chi connectivity index (χ1v) is 8.10. The van der Waals surface area contributed by atoms with Crippen LogP contribution in [-0.4, -0.2) is 42.7 Å². The molecule has 2 rings (SSSR count). The molecule has 1 saturated heterocycles. The third kappa shape index (κ3) is 4.45. The quantitative estimate of drug-likeness (QED) is 0.624. The summed E-state index contributed by atoms with van der Waals surface area (Å²) in [6.45, 7) is 5.30. The summed E-state index contributed by atoms with van der Waals surface area (Å²) in [5, 5.41) is 13.3. The zero-order chi connectivity index (χ0) is 17.0. The summed E-state index contributed by atoms with van der Waals surface area (Å²) in [6, 6.07) is 2.85. The Morgan fingerprint density at radius 2 is 2.00 bits per heavy atom. The molecule has 1 fully saturated rings. The van der Waals surface area contributed by atoms with Crippen molar-refractivity contribution in [3.63, 3.8) is 0 Å². The minimum absolute atomic E-state index is 0.0306. The molecule has 126 valence electrons. The lowest BCUT2D eigenvalue weighted by atomic mass is 9.95. The lowest BCUT2D eigenvalue weighted by Crippen LogP contribution is -2.41. The Bertz CT molecular complexity index is 599. The Hall–Kier alpha value is -1.59. The van der Waals surface area contributed by atoms with E-state index in [1.54, 1.807) is 12.0 Å². The molecule has 0 aromatic heterocycles. The molecule has 1 amide bonds. The number of carbonyl (C=O) groups is 1. The second-order valence-electron chi connectivity index (χ2n) is 5.46. The highest BCUT2D eigenvalue weighted by Gasteiger charge is 2.24. The molecule has 7 heteroatoms. The molecule has 23 heavy (non-hydrogen) atoms. The van der Waals surface area contributed by atoms with Crippen molar-refractivity contribution in [1.29, 1.82) is 0 Å². The van der Waals surface area contributed by atoms with Gasteiger partial charge in [0.25, 0.3) is 0 Å². The molecular weight excluding hydrogens is 339 g/mol. The fourth-order valence-corrected chi connectivity index (χ4v) is 2.90. The largest absolute Gasteiger partial charge is 0.506 e. The van der Waals surface area contributed by atoms with Gasteiger partial charge in [-0.2, -0.15) is 0 Å². The van der Waals surface area contributed by atoms with Crippen molar-refractivity contribution < 1.29 is 14.6 Å². The third-order valence-electron chi connectivity index (χ3n) is 4.03. The number of halogens is 2. The van der Waals surface area contributed by atoms with E-state index in [1.807, 2.05) is 0 Å². The zero-order valence-electron chi connectivity index (χ0n) is 12.9. The molecule has 1 aromatic carbocycles. The van der Waals surface area contributed by atoms with Crippen LogP contribution < -0.4 is 5.32 Å². The fraction of sp³-hybridized carbons (Fsp3) is 0.438. The van der Waals surface area contributed by atoms with Gasteiger partial charge in [-0.05, 0) is 18.9 Å². The number of methoxy groups -OCH3 is 1. The zero-order valence-corrected chi connectivity index (χ0v) is 14.5. The van der Waals surface area contributed by atoms with Gasteiger partial charge in [-0.25, -0.2) is 0 Å². The normalized spacial score (nSPS) is 15.3. The van der Waals surface area contributed by atoms with Crippen LogP contribution in [0.25, 0.3) is 0 Å². The van der Waals surface area contributed by atoms with Gasteiger partial charge in [0.15, 0.2) is 0 Å². The monoisotopic (exact) mass is 358 g/mol. The summed E-state index contributed by atoms with van der Waals surface area (Å²) >= 11 is 11.7. The highest BCUT2D eigenvalue weighted by atomic mass is 35.5. The number of rotatable bonds is 5. The summed E-state index contributed by atoms with van der Waals surface area (Å²) in [5.74, 6) is 1.01. The maximum Gasteiger partial charge on any atom is 0.241 e. The number of anilines is 1. The Morgan fingerprint density at radius 1 is 1.39 bits per heavy atom. The van der Waals surface area contributed by atoms with Gasteiger partial charge in [0, 0.05) is 25.1 Å². The van der Waals surface area contributed by atoms with E-state index < -0.39 is 0 Å². The van der Waals surface area contributed by atoms with Crippen molar-refractivity contribution in [2.24, 2.45) is 5.92 Å². The number of phenols is 1. The minimum Gasteiger partial charge on any atom is -0.506 e. The van der Waals surface area contributed by atoms with Gasteiger partial charge >= 0.3 is 0 Å². The second kappa shape index (κ2) is 7.79. The lowest BCUT2D eigenvalue weighted by Gasteiger charge is -2.32. The van der Waals surface area contributed by atoms with Crippen LogP contribution in [0.3, 0.4) is 0 Å². The van der Waals surface area contributed by atoms with Gasteiger partial charge in [0.05, 0.1) is 35.1 Å². The van der Waals surface area contributed by atoms with E-state index in [1.165, 1.54) is 12.1 Å². The van der Waals surface area contributed by atoms with E-state index in [-0.39, 0.29) is 23.2 Å². The van der Waals surface area contributed by atoms with Crippen LogP contribution in [0.1, 0.15) is 12.8 Å². The lowest BCUT2D eigenvalue weighted by molar-refractivity contribution is -0.130. The maximum absolute atomic E-state index is 12.2. The molecule has 0 spiro atoms. The SMILES string of the molecule is C=C(OC)C1CCN(C(=O)CNc2cc(Cl)c(Cl)cc2O)CC1. The van der Waals surface area contributed by atoms with E-state index in [0.29, 0.717) is 29.7 Å². The maximum atomic E-state index is 12.2. The summed E-state index contributed by atoms with van der Waals surface area (Å²) < 4.78 is 5.16. The average molecular weight is 359 g/mol. The second-order valence-corrected chi connectivity index (χ2v) is 6.28. The Kier molecular flexibility index (Phi) is 6.02. The average Bonchev–Trinajstić information content (AvgIpc) is 2.56. The van der Waals surface area contributed by atoms with Crippen molar-refractivity contribution in [3.05, 3.63) is 34.5 Å². The molecule has 5 nitrogen and oxygen atoms in total. The molecule has 2 N–H and O–H groups in total. The van der Waals surface area contributed by atoms with Gasteiger partial charge in [-0.1, -0.05) is 29.8 Å². The number of ether oxygens (including phenoxy) is 1. The number of aromatic hydroxyl groups is 1. The summed E-state index contributed by atoms with van der Waals surface area (Å²) in [6.07, 6.45) is 1.69. The van der Waals surface area contributed by atoms with Gasteiger partial charge < -0.3 is 20.1 Å². The molecule has 1 aromatic rings. The molecule has 1 aliphatic heterocycles. The first kappa shape index (κ1) is 17.8. The van der Waals surface area contributed by atoms with Gasteiger partial charge in [0.2, 0.25) is 5.91 Å².